The van der Waals surface area contributed by atoms with Crippen LogP contribution >= 0.6 is 0 Å². The van der Waals surface area contributed by atoms with Crippen molar-refractivity contribution in [2.75, 3.05) is 26.2 Å². The van der Waals surface area contributed by atoms with Crippen LogP contribution in [-0.4, -0.2) is 42.0 Å². The second-order valence-corrected chi connectivity index (χ2v) is 4.73. The normalized spacial score (nSPS) is 23.7. The van der Waals surface area contributed by atoms with Crippen LogP contribution in [0.25, 0.3) is 0 Å². The molecule has 4 heteroatoms. The van der Waals surface area contributed by atoms with E-state index >= 15 is 0 Å². The molecule has 4 nitrogen and oxygen atoms in total. The molecule has 0 amide bonds. The van der Waals surface area contributed by atoms with Gasteiger partial charge in [-0.1, -0.05) is 13.8 Å². The number of piperazine rings is 1. The van der Waals surface area contributed by atoms with Gasteiger partial charge in [-0.25, -0.2) is 0 Å². The van der Waals surface area contributed by atoms with Crippen LogP contribution in [0.3, 0.4) is 0 Å². The molecule has 0 aliphatic carbocycles. The van der Waals surface area contributed by atoms with Gasteiger partial charge in [-0.3, -0.25) is 9.80 Å². The summed E-state index contributed by atoms with van der Waals surface area (Å²) in [5.74, 6) is 0.761. The first-order valence-corrected chi connectivity index (χ1v) is 6.71. The summed E-state index contributed by atoms with van der Waals surface area (Å²) in [6.45, 7) is 8.42. The molecule has 2 rings (SSSR count). The predicted octanol–water partition coefficient (Wildman–Crippen LogP) is 2.26. The molecule has 2 unspecified atom stereocenters. The van der Waals surface area contributed by atoms with Crippen molar-refractivity contribution in [1.82, 2.24) is 9.80 Å². The average Bonchev–Trinajstić information content (AvgIpc) is 2.93. The Morgan fingerprint density at radius 2 is 2.33 bits per heavy atom. The van der Waals surface area contributed by atoms with E-state index in [1.165, 1.54) is 0 Å². The molecule has 1 aromatic rings. The third kappa shape index (κ3) is 2.58. The SMILES string of the molecule is CCC1CN(C(C#N)c2ccco2)CCN1CC. The minimum atomic E-state index is -0.243. The summed E-state index contributed by atoms with van der Waals surface area (Å²) in [6.07, 6.45) is 2.76. The number of nitrogens with zero attached hydrogens (tertiary/aromatic N) is 3. The van der Waals surface area contributed by atoms with Crippen LogP contribution in [0, 0.1) is 11.3 Å². The van der Waals surface area contributed by atoms with Crippen molar-refractivity contribution in [2.45, 2.75) is 32.4 Å². The lowest BCUT2D eigenvalue weighted by molar-refractivity contribution is 0.0574. The zero-order chi connectivity index (χ0) is 13.0. The quantitative estimate of drug-likeness (QED) is 0.818. The van der Waals surface area contributed by atoms with Crippen molar-refractivity contribution in [1.29, 1.82) is 5.26 Å². The molecule has 2 atom stereocenters. The second kappa shape index (κ2) is 6.03. The Morgan fingerprint density at radius 3 is 2.89 bits per heavy atom. The van der Waals surface area contributed by atoms with Gasteiger partial charge in [0.1, 0.15) is 5.76 Å². The third-order valence-electron chi connectivity index (χ3n) is 3.81. The molecule has 1 aliphatic heterocycles. The van der Waals surface area contributed by atoms with Gasteiger partial charge in [0.2, 0.25) is 0 Å². The fraction of sp³-hybridized carbons (Fsp3) is 0.643. The molecule has 0 bridgehead atoms. The van der Waals surface area contributed by atoms with Crippen LogP contribution in [0.15, 0.2) is 22.8 Å². The van der Waals surface area contributed by atoms with Gasteiger partial charge in [0.25, 0.3) is 0 Å². The Morgan fingerprint density at radius 1 is 1.50 bits per heavy atom. The summed E-state index contributed by atoms with van der Waals surface area (Å²) in [7, 11) is 0. The monoisotopic (exact) mass is 247 g/mol. The molecule has 1 aliphatic rings. The van der Waals surface area contributed by atoms with E-state index in [1.54, 1.807) is 6.26 Å². The fourth-order valence-corrected chi connectivity index (χ4v) is 2.73. The van der Waals surface area contributed by atoms with Crippen molar-refractivity contribution in [3.8, 4) is 6.07 Å². The first kappa shape index (κ1) is 13.1. The van der Waals surface area contributed by atoms with E-state index < -0.39 is 0 Å². The van der Waals surface area contributed by atoms with E-state index in [2.05, 4.69) is 29.7 Å². The summed E-state index contributed by atoms with van der Waals surface area (Å²) >= 11 is 0. The van der Waals surface area contributed by atoms with Gasteiger partial charge in [-0.15, -0.1) is 0 Å². The number of hydrogen-bond acceptors (Lipinski definition) is 4. The highest BCUT2D eigenvalue weighted by molar-refractivity contribution is 5.13. The molecule has 2 heterocycles. The maximum atomic E-state index is 9.37. The third-order valence-corrected chi connectivity index (χ3v) is 3.81. The molecular formula is C14H21N3O. The maximum absolute atomic E-state index is 9.37. The second-order valence-electron chi connectivity index (χ2n) is 4.73. The van der Waals surface area contributed by atoms with E-state index in [9.17, 15) is 5.26 Å². The van der Waals surface area contributed by atoms with Crippen LogP contribution in [0.2, 0.25) is 0 Å². The molecule has 0 spiro atoms. The summed E-state index contributed by atoms with van der Waals surface area (Å²) in [5.41, 5.74) is 0. The highest BCUT2D eigenvalue weighted by atomic mass is 16.3. The fourth-order valence-electron chi connectivity index (χ4n) is 2.73. The number of furan rings is 1. The zero-order valence-corrected chi connectivity index (χ0v) is 11.2. The van der Waals surface area contributed by atoms with Crippen molar-refractivity contribution < 1.29 is 4.42 Å². The van der Waals surface area contributed by atoms with Crippen molar-refractivity contribution in [3.63, 3.8) is 0 Å². The number of likely N-dealkylation sites (N-methyl/N-ethyl adjacent to an activating group) is 1. The number of hydrogen-bond donors (Lipinski definition) is 0. The molecule has 98 valence electrons. The van der Waals surface area contributed by atoms with E-state index in [-0.39, 0.29) is 6.04 Å². The number of rotatable bonds is 4. The van der Waals surface area contributed by atoms with Gasteiger partial charge in [0, 0.05) is 25.7 Å². The highest BCUT2D eigenvalue weighted by Crippen LogP contribution is 2.24. The average molecular weight is 247 g/mol. The molecule has 1 saturated heterocycles. The van der Waals surface area contributed by atoms with Crippen LogP contribution in [0.4, 0.5) is 0 Å². The molecule has 1 aromatic heterocycles. The van der Waals surface area contributed by atoms with Crippen LogP contribution in [0.1, 0.15) is 32.1 Å². The van der Waals surface area contributed by atoms with Crippen LogP contribution in [0.5, 0.6) is 0 Å². The summed E-state index contributed by atoms with van der Waals surface area (Å²) in [4.78, 5) is 4.73. The molecule has 0 aromatic carbocycles. The smallest absolute Gasteiger partial charge is 0.156 e. The van der Waals surface area contributed by atoms with Gasteiger partial charge in [-0.2, -0.15) is 5.26 Å². The predicted molar refractivity (Wildman–Crippen MR) is 70.0 cm³/mol. The molecule has 18 heavy (non-hydrogen) atoms. The largest absolute Gasteiger partial charge is 0.467 e. The molecular weight excluding hydrogens is 226 g/mol. The van der Waals surface area contributed by atoms with E-state index in [0.717, 1.165) is 38.4 Å². The minimum absolute atomic E-state index is 0.243. The van der Waals surface area contributed by atoms with Crippen LogP contribution < -0.4 is 0 Å². The molecule has 0 saturated carbocycles. The highest BCUT2D eigenvalue weighted by Gasteiger charge is 2.30. The molecule has 0 N–H and O–H groups in total. The lowest BCUT2D eigenvalue weighted by atomic mass is 10.1. The first-order chi connectivity index (χ1) is 8.80. The Balaban J connectivity index is 2.08. The van der Waals surface area contributed by atoms with Crippen molar-refractivity contribution in [2.24, 2.45) is 0 Å². The zero-order valence-electron chi connectivity index (χ0n) is 11.2. The lowest BCUT2D eigenvalue weighted by Crippen LogP contribution is -2.53. The summed E-state index contributed by atoms with van der Waals surface area (Å²) in [5, 5.41) is 9.37. The van der Waals surface area contributed by atoms with Gasteiger partial charge < -0.3 is 4.42 Å². The van der Waals surface area contributed by atoms with E-state index in [0.29, 0.717) is 6.04 Å². The molecule has 1 fully saturated rings. The Hall–Kier alpha value is -1.31. The Bertz CT molecular complexity index is 396. The minimum Gasteiger partial charge on any atom is -0.467 e. The standard InChI is InChI=1S/C14H21N3O/c1-3-12-11-17(8-7-16(12)4-2)13(10-15)14-6-5-9-18-14/h5-6,9,12-13H,3-4,7-8,11H2,1-2H3. The Kier molecular flexibility index (Phi) is 4.40. The lowest BCUT2D eigenvalue weighted by Gasteiger charge is -2.41. The maximum Gasteiger partial charge on any atom is 0.156 e. The van der Waals surface area contributed by atoms with Crippen molar-refractivity contribution in [3.05, 3.63) is 24.2 Å². The first-order valence-electron chi connectivity index (χ1n) is 6.71. The van der Waals surface area contributed by atoms with Gasteiger partial charge in [0.05, 0.1) is 12.3 Å². The summed E-state index contributed by atoms with van der Waals surface area (Å²) < 4.78 is 5.38. The van der Waals surface area contributed by atoms with Gasteiger partial charge in [-0.05, 0) is 25.1 Å². The van der Waals surface area contributed by atoms with E-state index in [4.69, 9.17) is 4.42 Å². The topological polar surface area (TPSA) is 43.4 Å². The van der Waals surface area contributed by atoms with E-state index in [1.807, 2.05) is 12.1 Å². The van der Waals surface area contributed by atoms with Crippen molar-refractivity contribution >= 4 is 0 Å². The summed E-state index contributed by atoms with van der Waals surface area (Å²) in [6, 6.07) is 6.41. The van der Waals surface area contributed by atoms with Gasteiger partial charge >= 0.3 is 0 Å². The number of nitriles is 1. The van der Waals surface area contributed by atoms with Gasteiger partial charge in [0.15, 0.2) is 6.04 Å². The Labute approximate surface area is 109 Å². The molecule has 0 radical (unpaired) electrons. The van der Waals surface area contributed by atoms with Crippen LogP contribution in [-0.2, 0) is 0 Å².